The van der Waals surface area contributed by atoms with Crippen LogP contribution >= 0.6 is 0 Å². The maximum atomic E-state index is 5.73. The highest BCUT2D eigenvalue weighted by Crippen LogP contribution is 2.26. The lowest BCUT2D eigenvalue weighted by atomic mass is 10.1. The van der Waals surface area contributed by atoms with Crippen molar-refractivity contribution in [3.63, 3.8) is 0 Å². The van der Waals surface area contributed by atoms with E-state index in [1.54, 1.807) is 7.11 Å². The fourth-order valence-corrected chi connectivity index (χ4v) is 2.77. The highest BCUT2D eigenvalue weighted by Gasteiger charge is 2.18. The molecule has 1 atom stereocenters. The van der Waals surface area contributed by atoms with Crippen molar-refractivity contribution in [3.05, 3.63) is 90.1 Å². The van der Waals surface area contributed by atoms with Crippen LogP contribution in [0.3, 0.4) is 0 Å². The predicted octanol–water partition coefficient (Wildman–Crippen LogP) is 4.07. The van der Waals surface area contributed by atoms with Crippen molar-refractivity contribution >= 4 is 5.70 Å². The highest BCUT2D eigenvalue weighted by molar-refractivity contribution is 5.67. The molecule has 0 radical (unpaired) electrons. The Morgan fingerprint density at radius 1 is 0.885 bits per heavy atom. The van der Waals surface area contributed by atoms with Gasteiger partial charge in [0.1, 0.15) is 11.5 Å². The number of rotatable bonds is 5. The number of hydrogen-bond donors (Lipinski definition) is 2. The number of ether oxygens (including phenoxy) is 2. The van der Waals surface area contributed by atoms with Crippen LogP contribution < -0.4 is 20.3 Å². The van der Waals surface area contributed by atoms with Gasteiger partial charge >= 0.3 is 0 Å². The first-order valence-electron chi connectivity index (χ1n) is 8.38. The molecule has 2 N–H and O–H groups in total. The molecule has 0 aliphatic carbocycles. The topological polar surface area (TPSA) is 55.4 Å². The summed E-state index contributed by atoms with van der Waals surface area (Å²) in [5, 5.41) is 0. The standard InChI is InChI=1S/C21H19N3O2/c1-25-17-10-7-15(8-11-17)19-13-20(24-23-19)16-9-12-21(22-14-16)26-18-5-3-2-4-6-18/h2-14,20,23-24H,1H3. The zero-order chi connectivity index (χ0) is 17.8. The molecule has 0 amide bonds. The minimum atomic E-state index is 0.0466. The second-order valence-electron chi connectivity index (χ2n) is 5.90. The van der Waals surface area contributed by atoms with E-state index in [-0.39, 0.29) is 6.04 Å². The largest absolute Gasteiger partial charge is 0.497 e. The first kappa shape index (κ1) is 16.2. The van der Waals surface area contributed by atoms with Gasteiger partial charge in [0.25, 0.3) is 0 Å². The molecule has 0 fully saturated rings. The quantitative estimate of drug-likeness (QED) is 0.730. The summed E-state index contributed by atoms with van der Waals surface area (Å²) >= 11 is 0. The third kappa shape index (κ3) is 3.53. The number of para-hydroxylation sites is 1. The third-order valence-electron chi connectivity index (χ3n) is 4.18. The summed E-state index contributed by atoms with van der Waals surface area (Å²) in [6, 6.07) is 21.5. The first-order valence-corrected chi connectivity index (χ1v) is 8.38. The smallest absolute Gasteiger partial charge is 0.219 e. The molecule has 0 saturated carbocycles. The van der Waals surface area contributed by atoms with E-state index in [4.69, 9.17) is 9.47 Å². The van der Waals surface area contributed by atoms with E-state index in [0.29, 0.717) is 5.88 Å². The van der Waals surface area contributed by atoms with E-state index in [9.17, 15) is 0 Å². The Kier molecular flexibility index (Phi) is 4.53. The predicted molar refractivity (Wildman–Crippen MR) is 101 cm³/mol. The Balaban J connectivity index is 1.46. The van der Waals surface area contributed by atoms with Crippen LogP contribution in [0.2, 0.25) is 0 Å². The molecule has 4 rings (SSSR count). The number of benzene rings is 2. The average Bonchev–Trinajstić information content (AvgIpc) is 3.20. The van der Waals surface area contributed by atoms with Crippen molar-refractivity contribution in [2.24, 2.45) is 0 Å². The Morgan fingerprint density at radius 3 is 2.38 bits per heavy atom. The van der Waals surface area contributed by atoms with Crippen molar-refractivity contribution in [2.75, 3.05) is 7.11 Å². The van der Waals surface area contributed by atoms with Crippen LogP contribution in [0.1, 0.15) is 17.2 Å². The molecule has 0 saturated heterocycles. The molecule has 1 aromatic heterocycles. The third-order valence-corrected chi connectivity index (χ3v) is 4.18. The number of hydrogen-bond acceptors (Lipinski definition) is 5. The van der Waals surface area contributed by atoms with Gasteiger partial charge in [-0.1, -0.05) is 24.3 Å². The molecule has 0 bridgehead atoms. The Morgan fingerprint density at radius 2 is 1.69 bits per heavy atom. The number of aromatic nitrogens is 1. The summed E-state index contributed by atoms with van der Waals surface area (Å²) in [6.07, 6.45) is 3.96. The normalized spacial score (nSPS) is 15.9. The summed E-state index contributed by atoms with van der Waals surface area (Å²) in [7, 11) is 1.66. The minimum absolute atomic E-state index is 0.0466. The molecule has 0 spiro atoms. The molecule has 5 heteroatoms. The van der Waals surface area contributed by atoms with Crippen molar-refractivity contribution in [1.82, 2.24) is 15.8 Å². The molecule has 3 aromatic rings. The van der Waals surface area contributed by atoms with E-state index in [0.717, 1.165) is 28.3 Å². The molecule has 2 aromatic carbocycles. The van der Waals surface area contributed by atoms with Crippen LogP contribution in [0, 0.1) is 0 Å². The fraction of sp³-hybridized carbons (Fsp3) is 0.0952. The summed E-state index contributed by atoms with van der Waals surface area (Å²) in [5.41, 5.74) is 9.67. The molecule has 1 aliphatic heterocycles. The van der Waals surface area contributed by atoms with Crippen LogP contribution in [-0.2, 0) is 0 Å². The van der Waals surface area contributed by atoms with Gasteiger partial charge in [-0.25, -0.2) is 10.4 Å². The second kappa shape index (κ2) is 7.29. The van der Waals surface area contributed by atoms with Crippen molar-refractivity contribution < 1.29 is 9.47 Å². The molecule has 26 heavy (non-hydrogen) atoms. The van der Waals surface area contributed by atoms with Gasteiger partial charge in [-0.15, -0.1) is 0 Å². The van der Waals surface area contributed by atoms with Gasteiger partial charge in [0.05, 0.1) is 18.8 Å². The molecule has 5 nitrogen and oxygen atoms in total. The highest BCUT2D eigenvalue weighted by atomic mass is 16.5. The lowest BCUT2D eigenvalue weighted by Gasteiger charge is -2.10. The first-order chi connectivity index (χ1) is 12.8. The van der Waals surface area contributed by atoms with E-state index in [1.165, 1.54) is 0 Å². The zero-order valence-corrected chi connectivity index (χ0v) is 14.3. The van der Waals surface area contributed by atoms with Gasteiger partial charge in [-0.3, -0.25) is 0 Å². The lowest BCUT2D eigenvalue weighted by Crippen LogP contribution is -2.26. The van der Waals surface area contributed by atoms with E-state index >= 15 is 0 Å². The van der Waals surface area contributed by atoms with E-state index < -0.39 is 0 Å². The van der Waals surface area contributed by atoms with Gasteiger partial charge in [0.2, 0.25) is 5.88 Å². The van der Waals surface area contributed by atoms with Crippen molar-refractivity contribution in [2.45, 2.75) is 6.04 Å². The molecular formula is C21H19N3O2. The van der Waals surface area contributed by atoms with Crippen molar-refractivity contribution in [1.29, 1.82) is 0 Å². The zero-order valence-electron chi connectivity index (χ0n) is 14.3. The summed E-state index contributed by atoms with van der Waals surface area (Å²) in [6.45, 7) is 0. The minimum Gasteiger partial charge on any atom is -0.497 e. The van der Waals surface area contributed by atoms with Crippen LogP contribution in [-0.4, -0.2) is 12.1 Å². The fourth-order valence-electron chi connectivity index (χ4n) is 2.77. The molecular weight excluding hydrogens is 326 g/mol. The number of methoxy groups -OCH3 is 1. The van der Waals surface area contributed by atoms with Crippen molar-refractivity contribution in [3.8, 4) is 17.4 Å². The number of pyridine rings is 1. The van der Waals surface area contributed by atoms with Crippen LogP contribution in [0.25, 0.3) is 5.70 Å². The number of hydrazine groups is 1. The molecule has 130 valence electrons. The maximum absolute atomic E-state index is 5.73. The van der Waals surface area contributed by atoms with Crippen LogP contribution in [0.4, 0.5) is 0 Å². The lowest BCUT2D eigenvalue weighted by molar-refractivity contribution is 0.415. The molecule has 1 unspecified atom stereocenters. The van der Waals surface area contributed by atoms with E-state index in [2.05, 4.69) is 21.9 Å². The Hall–Kier alpha value is -3.31. The number of nitrogens with zero attached hydrogens (tertiary/aromatic N) is 1. The molecule has 1 aliphatic rings. The number of nitrogens with one attached hydrogen (secondary N) is 2. The van der Waals surface area contributed by atoms with Gasteiger partial charge in [0.15, 0.2) is 0 Å². The van der Waals surface area contributed by atoms with Crippen LogP contribution in [0.5, 0.6) is 17.4 Å². The van der Waals surface area contributed by atoms with Gasteiger partial charge in [-0.2, -0.15) is 0 Å². The monoisotopic (exact) mass is 345 g/mol. The maximum Gasteiger partial charge on any atom is 0.219 e. The Bertz CT molecular complexity index is 891. The second-order valence-corrected chi connectivity index (χ2v) is 5.90. The Labute approximate surface area is 152 Å². The summed E-state index contributed by atoms with van der Waals surface area (Å²) in [4.78, 5) is 4.40. The summed E-state index contributed by atoms with van der Waals surface area (Å²) < 4.78 is 10.9. The van der Waals surface area contributed by atoms with Gasteiger partial charge in [0, 0.05) is 12.3 Å². The van der Waals surface area contributed by atoms with Crippen LogP contribution in [0.15, 0.2) is 79.0 Å². The SMILES string of the molecule is COc1ccc(C2=CC(c3ccc(Oc4ccccc4)nc3)NN2)cc1. The molecule has 2 heterocycles. The van der Waals surface area contributed by atoms with Gasteiger partial charge in [-0.05, 0) is 53.6 Å². The summed E-state index contributed by atoms with van der Waals surface area (Å²) in [5.74, 6) is 2.19. The average molecular weight is 345 g/mol. The van der Waals surface area contributed by atoms with Gasteiger partial charge < -0.3 is 14.9 Å². The van der Waals surface area contributed by atoms with E-state index in [1.807, 2.05) is 72.9 Å².